The minimum Gasteiger partial charge on any atom is -0.487 e. The molecule has 6 heteroatoms. The highest BCUT2D eigenvalue weighted by Gasteiger charge is 2.05. The van der Waals surface area contributed by atoms with Crippen LogP contribution in [0.4, 0.5) is 0 Å². The smallest absolute Gasteiger partial charge is 0.141 e. The van der Waals surface area contributed by atoms with E-state index in [0.717, 1.165) is 22.8 Å². The molecule has 2 rings (SSSR count). The Hall–Kier alpha value is -1.17. The van der Waals surface area contributed by atoms with Gasteiger partial charge in [0.15, 0.2) is 0 Å². The molecular weight excluding hydrogens is 260 g/mol. The van der Waals surface area contributed by atoms with Crippen LogP contribution in [0, 0.1) is 0 Å². The highest BCUT2D eigenvalue weighted by molar-refractivity contribution is 7.10. The molecule has 0 atom stereocenters. The van der Waals surface area contributed by atoms with E-state index in [4.69, 9.17) is 21.4 Å². The van der Waals surface area contributed by atoms with E-state index in [-0.39, 0.29) is 6.61 Å². The standard InChI is InChI=1S/C11H11ClN2O2S/c12-11-10(13-14-17-11)7-16-9-3-1-8(2-4-9)5-6-15/h1-4,15H,5-7H2. The molecule has 1 heterocycles. The van der Waals surface area contributed by atoms with Gasteiger partial charge in [-0.1, -0.05) is 28.2 Å². The van der Waals surface area contributed by atoms with Crippen LogP contribution in [0.2, 0.25) is 4.34 Å². The molecule has 0 aliphatic heterocycles. The Morgan fingerprint density at radius 3 is 2.65 bits per heavy atom. The summed E-state index contributed by atoms with van der Waals surface area (Å²) in [4.78, 5) is 0. The first-order valence-corrected chi connectivity index (χ1v) is 6.24. The summed E-state index contributed by atoms with van der Waals surface area (Å²) in [6.45, 7) is 0.467. The predicted molar refractivity (Wildman–Crippen MR) is 66.5 cm³/mol. The molecule has 1 aromatic heterocycles. The van der Waals surface area contributed by atoms with Crippen molar-refractivity contribution in [2.45, 2.75) is 13.0 Å². The lowest BCUT2D eigenvalue weighted by Crippen LogP contribution is -1.97. The number of hydrogen-bond donors (Lipinski definition) is 1. The lowest BCUT2D eigenvalue weighted by molar-refractivity contribution is 0.297. The van der Waals surface area contributed by atoms with Gasteiger partial charge in [-0.15, -0.1) is 5.10 Å². The third-order valence-electron chi connectivity index (χ3n) is 2.21. The molecule has 4 nitrogen and oxygen atoms in total. The monoisotopic (exact) mass is 270 g/mol. The molecule has 0 aliphatic rings. The fourth-order valence-corrected chi connectivity index (χ4v) is 1.92. The lowest BCUT2D eigenvalue weighted by atomic mass is 10.1. The lowest BCUT2D eigenvalue weighted by Gasteiger charge is -2.05. The Bertz CT molecular complexity index is 473. The van der Waals surface area contributed by atoms with Gasteiger partial charge in [-0.05, 0) is 24.1 Å². The van der Waals surface area contributed by atoms with Crippen LogP contribution in [0.15, 0.2) is 24.3 Å². The maximum absolute atomic E-state index is 8.79. The van der Waals surface area contributed by atoms with Crippen molar-refractivity contribution >= 4 is 23.1 Å². The molecule has 0 aliphatic carbocycles. The van der Waals surface area contributed by atoms with Crippen LogP contribution in [-0.2, 0) is 13.0 Å². The third-order valence-corrected chi connectivity index (χ3v) is 3.19. The zero-order valence-electron chi connectivity index (χ0n) is 8.97. The minimum atomic E-state index is 0.153. The number of aromatic nitrogens is 2. The van der Waals surface area contributed by atoms with Gasteiger partial charge in [-0.2, -0.15) is 0 Å². The zero-order valence-corrected chi connectivity index (χ0v) is 10.5. The Labute approximate surface area is 108 Å². The van der Waals surface area contributed by atoms with E-state index in [1.165, 1.54) is 0 Å². The Morgan fingerprint density at radius 1 is 1.29 bits per heavy atom. The molecule has 0 saturated carbocycles. The molecule has 90 valence electrons. The first-order chi connectivity index (χ1) is 8.29. The highest BCUT2D eigenvalue weighted by Crippen LogP contribution is 2.20. The van der Waals surface area contributed by atoms with E-state index in [0.29, 0.717) is 23.1 Å². The van der Waals surface area contributed by atoms with Gasteiger partial charge in [0, 0.05) is 18.1 Å². The highest BCUT2D eigenvalue weighted by atomic mass is 35.5. The molecule has 0 amide bonds. The molecule has 0 radical (unpaired) electrons. The molecule has 0 fully saturated rings. The Kier molecular flexibility index (Phi) is 4.30. The van der Waals surface area contributed by atoms with Gasteiger partial charge in [-0.3, -0.25) is 0 Å². The summed E-state index contributed by atoms with van der Waals surface area (Å²) >= 11 is 7.00. The van der Waals surface area contributed by atoms with Gasteiger partial charge < -0.3 is 9.84 Å². The summed E-state index contributed by atoms with van der Waals surface area (Å²) in [6, 6.07) is 7.57. The first kappa shape index (κ1) is 12.3. The van der Waals surface area contributed by atoms with Crippen molar-refractivity contribution in [3.63, 3.8) is 0 Å². The van der Waals surface area contributed by atoms with Crippen molar-refractivity contribution in [3.8, 4) is 5.75 Å². The van der Waals surface area contributed by atoms with Gasteiger partial charge in [0.05, 0.1) is 0 Å². The van der Waals surface area contributed by atoms with Crippen LogP contribution in [0.3, 0.4) is 0 Å². The van der Waals surface area contributed by atoms with Crippen LogP contribution in [0.1, 0.15) is 11.3 Å². The van der Waals surface area contributed by atoms with E-state index in [1.807, 2.05) is 24.3 Å². The average Bonchev–Trinajstić information content (AvgIpc) is 2.75. The minimum absolute atomic E-state index is 0.153. The molecule has 1 N–H and O–H groups in total. The number of aliphatic hydroxyl groups is 1. The quantitative estimate of drug-likeness (QED) is 0.906. The van der Waals surface area contributed by atoms with E-state index in [1.54, 1.807) is 0 Å². The van der Waals surface area contributed by atoms with Gasteiger partial charge in [0.2, 0.25) is 0 Å². The maximum Gasteiger partial charge on any atom is 0.141 e. The number of ether oxygens (including phenoxy) is 1. The second kappa shape index (κ2) is 5.95. The number of aliphatic hydroxyl groups excluding tert-OH is 1. The predicted octanol–water partition coefficient (Wildman–Crippen LogP) is 2.31. The maximum atomic E-state index is 8.79. The molecule has 0 unspecified atom stereocenters. The first-order valence-electron chi connectivity index (χ1n) is 5.09. The fourth-order valence-electron chi connectivity index (χ4n) is 1.32. The van der Waals surface area contributed by atoms with Gasteiger partial charge >= 0.3 is 0 Å². The largest absolute Gasteiger partial charge is 0.487 e. The van der Waals surface area contributed by atoms with Crippen molar-refractivity contribution in [3.05, 3.63) is 39.9 Å². The summed E-state index contributed by atoms with van der Waals surface area (Å²) in [5.74, 6) is 0.746. The molecule has 2 aromatic rings. The van der Waals surface area contributed by atoms with E-state index in [9.17, 15) is 0 Å². The topological polar surface area (TPSA) is 55.2 Å². The van der Waals surface area contributed by atoms with Crippen molar-refractivity contribution in [2.75, 3.05) is 6.61 Å². The van der Waals surface area contributed by atoms with Gasteiger partial charge in [0.25, 0.3) is 0 Å². The van der Waals surface area contributed by atoms with Gasteiger partial charge in [-0.25, -0.2) is 0 Å². The summed E-state index contributed by atoms with van der Waals surface area (Å²) in [7, 11) is 0. The molecule has 0 spiro atoms. The number of rotatable bonds is 5. The summed E-state index contributed by atoms with van der Waals surface area (Å²) < 4.78 is 9.80. The van der Waals surface area contributed by atoms with Crippen LogP contribution in [-0.4, -0.2) is 21.3 Å². The zero-order chi connectivity index (χ0) is 12.1. The summed E-state index contributed by atoms with van der Waals surface area (Å²) in [6.07, 6.45) is 0.655. The van der Waals surface area contributed by atoms with E-state index in [2.05, 4.69) is 9.59 Å². The number of hydrogen-bond acceptors (Lipinski definition) is 5. The Balaban J connectivity index is 1.93. The third kappa shape index (κ3) is 3.39. The molecule has 17 heavy (non-hydrogen) atoms. The van der Waals surface area contributed by atoms with Crippen molar-refractivity contribution in [1.82, 2.24) is 9.59 Å². The van der Waals surface area contributed by atoms with Crippen LogP contribution >= 0.6 is 23.1 Å². The molecule has 1 aromatic carbocycles. The molecule has 0 saturated heterocycles. The van der Waals surface area contributed by atoms with Crippen LogP contribution in [0.5, 0.6) is 5.75 Å². The molecular formula is C11H11ClN2O2S. The van der Waals surface area contributed by atoms with E-state index < -0.39 is 0 Å². The van der Waals surface area contributed by atoms with Crippen LogP contribution < -0.4 is 4.74 Å². The van der Waals surface area contributed by atoms with Crippen molar-refractivity contribution in [1.29, 1.82) is 0 Å². The molecule has 0 bridgehead atoms. The van der Waals surface area contributed by atoms with Gasteiger partial charge in [0.1, 0.15) is 22.4 Å². The average molecular weight is 271 g/mol. The van der Waals surface area contributed by atoms with Crippen molar-refractivity contribution < 1.29 is 9.84 Å². The second-order valence-electron chi connectivity index (χ2n) is 3.40. The summed E-state index contributed by atoms with van der Waals surface area (Å²) in [5, 5.41) is 12.6. The van der Waals surface area contributed by atoms with Crippen LogP contribution in [0.25, 0.3) is 0 Å². The van der Waals surface area contributed by atoms with E-state index >= 15 is 0 Å². The number of halogens is 1. The normalized spacial score (nSPS) is 10.5. The Morgan fingerprint density at radius 2 is 2.06 bits per heavy atom. The number of nitrogens with zero attached hydrogens (tertiary/aromatic N) is 2. The summed E-state index contributed by atoms with van der Waals surface area (Å²) in [5.41, 5.74) is 1.73. The second-order valence-corrected chi connectivity index (χ2v) is 4.76. The SMILES string of the molecule is OCCc1ccc(OCc2nnsc2Cl)cc1. The van der Waals surface area contributed by atoms with Crippen molar-refractivity contribution in [2.24, 2.45) is 0 Å². The fraction of sp³-hybridized carbons (Fsp3) is 0.273. The number of benzene rings is 1.